The van der Waals surface area contributed by atoms with Crippen molar-refractivity contribution in [2.75, 3.05) is 12.4 Å². The lowest BCUT2D eigenvalue weighted by Crippen LogP contribution is -2.42. The number of carbonyl (C=O) groups is 2. The number of amides is 2. The topological polar surface area (TPSA) is 93.2 Å². The zero-order valence-electron chi connectivity index (χ0n) is 17.9. The maximum atomic E-state index is 12.4. The van der Waals surface area contributed by atoms with Crippen LogP contribution in [0.25, 0.3) is 10.6 Å². The first-order chi connectivity index (χ1) is 13.6. The molecule has 0 aliphatic rings. The highest BCUT2D eigenvalue weighted by molar-refractivity contribution is 7.18. The Balaban J connectivity index is 1.89. The Morgan fingerprint density at radius 3 is 2.59 bits per heavy atom. The lowest BCUT2D eigenvalue weighted by atomic mass is 9.84. The van der Waals surface area contributed by atoms with Gasteiger partial charge in [-0.3, -0.25) is 14.9 Å². The van der Waals surface area contributed by atoms with Crippen LogP contribution in [0.3, 0.4) is 0 Å². The zero-order valence-corrected chi connectivity index (χ0v) is 18.7. The molecule has 0 aliphatic carbocycles. The van der Waals surface area contributed by atoms with E-state index in [1.807, 2.05) is 24.3 Å². The summed E-state index contributed by atoms with van der Waals surface area (Å²) in [6.45, 7) is 10.2. The Hall–Kier alpha value is -2.48. The first kappa shape index (κ1) is 22.8. The molecule has 158 valence electrons. The molecule has 2 amide bonds. The van der Waals surface area contributed by atoms with Crippen LogP contribution >= 0.6 is 11.3 Å². The van der Waals surface area contributed by atoms with Gasteiger partial charge in [0.25, 0.3) is 0 Å². The van der Waals surface area contributed by atoms with Crippen molar-refractivity contribution in [3.63, 3.8) is 0 Å². The van der Waals surface area contributed by atoms with Gasteiger partial charge in [-0.25, -0.2) is 0 Å². The fraction of sp³-hybridized carbons (Fsp3) is 0.524. The van der Waals surface area contributed by atoms with Crippen LogP contribution in [0.1, 0.15) is 47.5 Å². The second-order valence-corrected chi connectivity index (χ2v) is 9.47. The van der Waals surface area contributed by atoms with Gasteiger partial charge in [-0.1, -0.05) is 51.2 Å². The summed E-state index contributed by atoms with van der Waals surface area (Å²) in [5, 5.41) is 14.7. The minimum absolute atomic E-state index is 0.126. The molecule has 0 bridgehead atoms. The number of ether oxygens (including phenoxy) is 1. The third kappa shape index (κ3) is 7.45. The lowest BCUT2D eigenvalue weighted by Gasteiger charge is -2.23. The Morgan fingerprint density at radius 2 is 1.93 bits per heavy atom. The van der Waals surface area contributed by atoms with Crippen LogP contribution in [0, 0.1) is 11.3 Å². The summed E-state index contributed by atoms with van der Waals surface area (Å²) in [5.74, 6) is 0.521. The maximum absolute atomic E-state index is 12.4. The lowest BCUT2D eigenvalue weighted by molar-refractivity contribution is -0.126. The molecule has 0 spiro atoms. The van der Waals surface area contributed by atoms with Crippen molar-refractivity contribution in [2.24, 2.45) is 11.3 Å². The van der Waals surface area contributed by atoms with Crippen LogP contribution in [0.15, 0.2) is 24.3 Å². The second-order valence-electron chi connectivity index (χ2n) is 8.50. The number of anilines is 1. The van der Waals surface area contributed by atoms with Gasteiger partial charge in [-0.2, -0.15) is 0 Å². The molecule has 2 aromatic rings. The minimum Gasteiger partial charge on any atom is -0.497 e. The van der Waals surface area contributed by atoms with Gasteiger partial charge in [0.15, 0.2) is 0 Å². The normalized spacial score (nSPS) is 13.4. The summed E-state index contributed by atoms with van der Waals surface area (Å²) in [7, 11) is 1.60. The molecule has 1 aromatic carbocycles. The number of rotatable bonds is 8. The Labute approximate surface area is 176 Å². The third-order valence-electron chi connectivity index (χ3n) is 4.24. The first-order valence-electron chi connectivity index (χ1n) is 9.65. The molecule has 1 aromatic heterocycles. The molecule has 8 heteroatoms. The van der Waals surface area contributed by atoms with Crippen molar-refractivity contribution in [1.82, 2.24) is 15.5 Å². The van der Waals surface area contributed by atoms with E-state index in [1.165, 1.54) is 11.3 Å². The standard InChI is InChI=1S/C21H30N4O3S/c1-13(12-21(3,4)5)10-17(26)22-14(2)18(27)23-20-25-24-19(29-20)15-8-7-9-16(11-15)28-6/h7-9,11,13-14H,10,12H2,1-6H3,(H,22,26)(H,23,25,27)/t13-,14-/m0/s1. The van der Waals surface area contributed by atoms with Crippen LogP contribution < -0.4 is 15.4 Å². The van der Waals surface area contributed by atoms with Gasteiger partial charge in [-0.15, -0.1) is 10.2 Å². The number of carbonyl (C=O) groups excluding carboxylic acids is 2. The van der Waals surface area contributed by atoms with Gasteiger partial charge in [-0.05, 0) is 36.8 Å². The second kappa shape index (κ2) is 9.82. The molecule has 2 N–H and O–H groups in total. The highest BCUT2D eigenvalue weighted by Crippen LogP contribution is 2.29. The van der Waals surface area contributed by atoms with Crippen LogP contribution in [0.2, 0.25) is 0 Å². The number of benzene rings is 1. The van der Waals surface area contributed by atoms with Crippen LogP contribution in [-0.4, -0.2) is 35.2 Å². The van der Waals surface area contributed by atoms with Crippen LogP contribution in [0.4, 0.5) is 5.13 Å². The van der Waals surface area contributed by atoms with E-state index >= 15 is 0 Å². The van der Waals surface area contributed by atoms with Gasteiger partial charge in [0.1, 0.15) is 16.8 Å². The molecule has 2 atom stereocenters. The summed E-state index contributed by atoms with van der Waals surface area (Å²) in [4.78, 5) is 24.6. The van der Waals surface area contributed by atoms with Gasteiger partial charge >= 0.3 is 0 Å². The predicted molar refractivity (Wildman–Crippen MR) is 116 cm³/mol. The molecule has 0 saturated heterocycles. The molecule has 1 heterocycles. The Bertz CT molecular complexity index is 844. The van der Waals surface area contributed by atoms with E-state index < -0.39 is 6.04 Å². The van der Waals surface area contributed by atoms with E-state index in [0.717, 1.165) is 17.7 Å². The van der Waals surface area contributed by atoms with Crippen molar-refractivity contribution < 1.29 is 14.3 Å². The number of hydrogen-bond acceptors (Lipinski definition) is 6. The molecular formula is C21H30N4O3S. The molecule has 0 saturated carbocycles. The van der Waals surface area contributed by atoms with Crippen molar-refractivity contribution in [2.45, 2.75) is 53.5 Å². The number of aromatic nitrogens is 2. The van der Waals surface area contributed by atoms with E-state index in [0.29, 0.717) is 16.6 Å². The maximum Gasteiger partial charge on any atom is 0.248 e. The molecule has 2 rings (SSSR count). The first-order valence-corrected chi connectivity index (χ1v) is 10.5. The molecular weight excluding hydrogens is 388 g/mol. The minimum atomic E-state index is -0.659. The van der Waals surface area contributed by atoms with Crippen LogP contribution in [0.5, 0.6) is 5.75 Å². The van der Waals surface area contributed by atoms with Gasteiger partial charge in [0.2, 0.25) is 16.9 Å². The van der Waals surface area contributed by atoms with Crippen molar-refractivity contribution >= 4 is 28.3 Å². The van der Waals surface area contributed by atoms with Crippen molar-refractivity contribution in [3.8, 4) is 16.3 Å². The Morgan fingerprint density at radius 1 is 1.21 bits per heavy atom. The average Bonchev–Trinajstić information content (AvgIpc) is 3.08. The largest absolute Gasteiger partial charge is 0.497 e. The smallest absolute Gasteiger partial charge is 0.248 e. The predicted octanol–water partition coefficient (Wildman–Crippen LogP) is 4.12. The highest BCUT2D eigenvalue weighted by atomic mass is 32.1. The number of methoxy groups -OCH3 is 1. The average molecular weight is 419 g/mol. The van der Waals surface area contributed by atoms with Crippen molar-refractivity contribution in [3.05, 3.63) is 24.3 Å². The fourth-order valence-electron chi connectivity index (χ4n) is 3.16. The van der Waals surface area contributed by atoms with Crippen molar-refractivity contribution in [1.29, 1.82) is 0 Å². The summed E-state index contributed by atoms with van der Waals surface area (Å²) in [6, 6.07) is 6.81. The monoisotopic (exact) mass is 418 g/mol. The van der Waals surface area contributed by atoms with Gasteiger partial charge < -0.3 is 10.1 Å². The van der Waals surface area contributed by atoms with Crippen LogP contribution in [-0.2, 0) is 9.59 Å². The Kier molecular flexibility index (Phi) is 7.73. The molecule has 0 fully saturated rings. The highest BCUT2D eigenvalue weighted by Gasteiger charge is 2.21. The van der Waals surface area contributed by atoms with Gasteiger partial charge in [0.05, 0.1) is 7.11 Å². The fourth-order valence-corrected chi connectivity index (χ4v) is 3.90. The number of nitrogens with one attached hydrogen (secondary N) is 2. The van der Waals surface area contributed by atoms with Gasteiger partial charge in [0, 0.05) is 12.0 Å². The van der Waals surface area contributed by atoms with E-state index in [1.54, 1.807) is 14.0 Å². The van der Waals surface area contributed by atoms with E-state index in [4.69, 9.17) is 4.74 Å². The zero-order chi connectivity index (χ0) is 21.6. The summed E-state index contributed by atoms with van der Waals surface area (Å²) in [5.41, 5.74) is 1.03. The molecule has 0 unspecified atom stereocenters. The molecule has 29 heavy (non-hydrogen) atoms. The molecule has 0 aliphatic heterocycles. The number of nitrogens with zero attached hydrogens (tertiary/aromatic N) is 2. The molecule has 0 radical (unpaired) electrons. The summed E-state index contributed by atoms with van der Waals surface area (Å²) in [6.07, 6.45) is 1.34. The quantitative estimate of drug-likeness (QED) is 0.673. The SMILES string of the molecule is COc1cccc(-c2nnc(NC(=O)[C@H](C)NC(=O)C[C@H](C)CC(C)(C)C)s2)c1. The number of hydrogen-bond donors (Lipinski definition) is 2. The molecule has 7 nitrogen and oxygen atoms in total. The van der Waals surface area contributed by atoms with E-state index in [2.05, 4.69) is 48.5 Å². The third-order valence-corrected chi connectivity index (χ3v) is 5.13. The summed E-state index contributed by atoms with van der Waals surface area (Å²) >= 11 is 1.26. The van der Waals surface area contributed by atoms with E-state index in [9.17, 15) is 9.59 Å². The van der Waals surface area contributed by atoms with E-state index in [-0.39, 0.29) is 23.1 Å². The summed E-state index contributed by atoms with van der Waals surface area (Å²) < 4.78 is 5.22.